The third-order valence-corrected chi connectivity index (χ3v) is 5.55. The number of carbonyl (C=O) groups excluding carboxylic acids is 1. The molecule has 4 rings (SSSR count). The van der Waals surface area contributed by atoms with Gasteiger partial charge < -0.3 is 19.8 Å². The zero-order chi connectivity index (χ0) is 19.5. The predicted octanol–water partition coefficient (Wildman–Crippen LogP) is 2.84. The van der Waals surface area contributed by atoms with E-state index in [2.05, 4.69) is 46.2 Å². The molecule has 1 amide bonds. The lowest BCUT2D eigenvalue weighted by Crippen LogP contribution is -2.41. The second-order valence-electron chi connectivity index (χ2n) is 7.73. The molecule has 0 radical (unpaired) electrons. The number of likely N-dealkylation sites (tertiary alicyclic amines) is 1. The summed E-state index contributed by atoms with van der Waals surface area (Å²) in [5.74, 6) is 0.595. The lowest BCUT2D eigenvalue weighted by Gasteiger charge is -2.34. The van der Waals surface area contributed by atoms with E-state index < -0.39 is 0 Å². The molecule has 28 heavy (non-hydrogen) atoms. The van der Waals surface area contributed by atoms with Crippen molar-refractivity contribution >= 4 is 16.9 Å². The van der Waals surface area contributed by atoms with E-state index in [4.69, 9.17) is 0 Å². The number of amides is 1. The van der Waals surface area contributed by atoms with Crippen LogP contribution in [-0.4, -0.2) is 52.4 Å². The van der Waals surface area contributed by atoms with E-state index in [9.17, 15) is 9.59 Å². The molecule has 0 unspecified atom stereocenters. The van der Waals surface area contributed by atoms with Crippen LogP contribution in [0.15, 0.2) is 53.3 Å². The number of nitrogens with one attached hydrogen (secondary N) is 2. The molecule has 2 heterocycles. The van der Waals surface area contributed by atoms with Crippen LogP contribution in [0.4, 0.5) is 0 Å². The maximum atomic E-state index is 13.0. The highest BCUT2D eigenvalue weighted by atomic mass is 16.2. The molecule has 146 valence electrons. The van der Waals surface area contributed by atoms with E-state index in [1.165, 1.54) is 5.56 Å². The quantitative estimate of drug-likeness (QED) is 0.717. The first kappa shape index (κ1) is 18.5. The number of rotatable bonds is 5. The van der Waals surface area contributed by atoms with Crippen molar-refractivity contribution in [2.24, 2.45) is 5.92 Å². The monoisotopic (exact) mass is 378 g/mol. The molecule has 3 aromatic rings. The third kappa shape index (κ3) is 4.02. The number of aromatic nitrogens is 2. The van der Waals surface area contributed by atoms with Gasteiger partial charge in [0.05, 0.1) is 16.6 Å². The fourth-order valence-corrected chi connectivity index (χ4v) is 4.13. The summed E-state index contributed by atoms with van der Waals surface area (Å²) in [5, 5.41) is 0. The summed E-state index contributed by atoms with van der Waals surface area (Å²) >= 11 is 0. The molecule has 2 N–H and O–H groups in total. The van der Waals surface area contributed by atoms with Gasteiger partial charge in [-0.15, -0.1) is 0 Å². The van der Waals surface area contributed by atoms with Crippen LogP contribution in [0, 0.1) is 5.92 Å². The molecule has 1 aliphatic rings. The van der Waals surface area contributed by atoms with Gasteiger partial charge in [0.15, 0.2) is 0 Å². The lowest BCUT2D eigenvalue weighted by atomic mass is 9.95. The van der Waals surface area contributed by atoms with E-state index in [-0.39, 0.29) is 11.6 Å². The average molecular weight is 378 g/mol. The molecule has 6 nitrogen and oxygen atoms in total. The first-order chi connectivity index (χ1) is 13.6. The summed E-state index contributed by atoms with van der Waals surface area (Å²) in [6.07, 6.45) is 2.01. The Morgan fingerprint density at radius 3 is 2.57 bits per heavy atom. The number of imidazole rings is 1. The number of H-pyrrole nitrogens is 2. The van der Waals surface area contributed by atoms with Gasteiger partial charge >= 0.3 is 5.69 Å². The largest absolute Gasteiger partial charge is 0.339 e. The van der Waals surface area contributed by atoms with Gasteiger partial charge in [0.25, 0.3) is 5.91 Å². The third-order valence-electron chi connectivity index (χ3n) is 5.55. The van der Waals surface area contributed by atoms with Crippen LogP contribution < -0.4 is 5.69 Å². The first-order valence-electron chi connectivity index (χ1n) is 9.83. The Morgan fingerprint density at radius 2 is 1.82 bits per heavy atom. The first-order valence-corrected chi connectivity index (χ1v) is 9.83. The van der Waals surface area contributed by atoms with Gasteiger partial charge in [0, 0.05) is 26.2 Å². The van der Waals surface area contributed by atoms with Crippen LogP contribution >= 0.6 is 0 Å². The second-order valence-corrected chi connectivity index (χ2v) is 7.73. The molecule has 0 saturated carbocycles. The number of benzene rings is 2. The highest BCUT2D eigenvalue weighted by Gasteiger charge is 2.25. The number of fused-ring (bicyclic) bond motifs is 1. The van der Waals surface area contributed by atoms with Crippen molar-refractivity contribution in [3.05, 3.63) is 70.1 Å². The molecule has 0 atom stereocenters. The number of nitrogens with zero attached hydrogens (tertiary/aromatic N) is 2. The SMILES string of the molecule is CN(Cc1ccccc1)CC1CCN(C(=O)c2cccc3[nH]c(=O)[nH]c23)CC1. The van der Waals surface area contributed by atoms with Crippen molar-refractivity contribution in [3.63, 3.8) is 0 Å². The Kier molecular flexibility index (Phi) is 5.30. The molecule has 1 fully saturated rings. The van der Waals surface area contributed by atoms with Crippen LogP contribution in [0.2, 0.25) is 0 Å². The summed E-state index contributed by atoms with van der Waals surface area (Å²) in [5.41, 5.74) is 2.88. The van der Waals surface area contributed by atoms with Gasteiger partial charge in [-0.25, -0.2) is 4.79 Å². The van der Waals surface area contributed by atoms with Crippen molar-refractivity contribution in [3.8, 4) is 0 Å². The van der Waals surface area contributed by atoms with Gasteiger partial charge in [-0.1, -0.05) is 36.4 Å². The molecule has 6 heteroatoms. The summed E-state index contributed by atoms with van der Waals surface area (Å²) in [6.45, 7) is 3.50. The van der Waals surface area contributed by atoms with Gasteiger partial charge in [0.1, 0.15) is 0 Å². The molecule has 1 aliphatic heterocycles. The second kappa shape index (κ2) is 8.02. The Morgan fingerprint density at radius 1 is 1.07 bits per heavy atom. The minimum absolute atomic E-state index is 0.00283. The van der Waals surface area contributed by atoms with Gasteiger partial charge in [-0.2, -0.15) is 0 Å². The minimum atomic E-state index is -0.282. The number of hydrogen-bond donors (Lipinski definition) is 2. The van der Waals surface area contributed by atoms with Crippen molar-refractivity contribution in [1.29, 1.82) is 0 Å². The zero-order valence-corrected chi connectivity index (χ0v) is 16.1. The van der Waals surface area contributed by atoms with Gasteiger partial charge in [-0.3, -0.25) is 4.79 Å². The van der Waals surface area contributed by atoms with E-state index in [1.54, 1.807) is 12.1 Å². The predicted molar refractivity (Wildman–Crippen MR) is 110 cm³/mol. The standard InChI is InChI=1S/C22H26N4O2/c1-25(14-16-6-3-2-4-7-16)15-17-10-12-26(13-11-17)21(27)18-8-5-9-19-20(18)24-22(28)23-19/h2-9,17H,10-15H2,1H3,(H2,23,24,28). The Bertz CT molecular complexity index is 1000. The van der Waals surface area contributed by atoms with Crippen LogP contribution in [0.1, 0.15) is 28.8 Å². The number of carbonyl (C=O) groups is 1. The highest BCUT2D eigenvalue weighted by molar-refractivity contribution is 6.04. The molecule has 1 saturated heterocycles. The Labute approximate surface area is 164 Å². The van der Waals surface area contributed by atoms with Crippen LogP contribution in [-0.2, 0) is 6.54 Å². The maximum absolute atomic E-state index is 13.0. The van der Waals surface area contributed by atoms with Crippen LogP contribution in [0.25, 0.3) is 11.0 Å². The topological polar surface area (TPSA) is 72.2 Å². The van der Waals surface area contributed by atoms with Crippen molar-refractivity contribution in [2.45, 2.75) is 19.4 Å². The summed E-state index contributed by atoms with van der Waals surface area (Å²) < 4.78 is 0. The molecule has 0 spiro atoms. The van der Waals surface area contributed by atoms with E-state index in [1.807, 2.05) is 17.0 Å². The van der Waals surface area contributed by atoms with E-state index >= 15 is 0 Å². The van der Waals surface area contributed by atoms with Crippen molar-refractivity contribution in [2.75, 3.05) is 26.7 Å². The van der Waals surface area contributed by atoms with E-state index in [0.29, 0.717) is 22.5 Å². The molecule has 1 aromatic heterocycles. The van der Waals surface area contributed by atoms with E-state index in [0.717, 1.165) is 39.0 Å². The number of piperidine rings is 1. The Balaban J connectivity index is 1.34. The number of para-hydroxylation sites is 1. The fraction of sp³-hybridized carbons (Fsp3) is 0.364. The fourth-order valence-electron chi connectivity index (χ4n) is 4.13. The molecular weight excluding hydrogens is 352 g/mol. The molecular formula is C22H26N4O2. The molecule has 0 aliphatic carbocycles. The average Bonchev–Trinajstić information content (AvgIpc) is 3.09. The summed E-state index contributed by atoms with van der Waals surface area (Å²) in [6, 6.07) is 15.9. The number of aromatic amines is 2. The van der Waals surface area contributed by atoms with Crippen molar-refractivity contribution in [1.82, 2.24) is 19.8 Å². The minimum Gasteiger partial charge on any atom is -0.339 e. The number of hydrogen-bond acceptors (Lipinski definition) is 3. The molecule has 2 aromatic carbocycles. The zero-order valence-electron chi connectivity index (χ0n) is 16.1. The molecule has 0 bridgehead atoms. The Hall–Kier alpha value is -2.86. The van der Waals surface area contributed by atoms with Crippen LogP contribution in [0.5, 0.6) is 0 Å². The smallest absolute Gasteiger partial charge is 0.323 e. The normalized spacial score (nSPS) is 15.4. The van der Waals surface area contributed by atoms with Crippen molar-refractivity contribution < 1.29 is 4.79 Å². The lowest BCUT2D eigenvalue weighted by molar-refractivity contribution is 0.0674. The van der Waals surface area contributed by atoms with Gasteiger partial charge in [0.2, 0.25) is 0 Å². The summed E-state index contributed by atoms with van der Waals surface area (Å²) in [4.78, 5) is 34.3. The maximum Gasteiger partial charge on any atom is 0.323 e. The highest BCUT2D eigenvalue weighted by Crippen LogP contribution is 2.22. The van der Waals surface area contributed by atoms with Gasteiger partial charge in [-0.05, 0) is 43.5 Å². The summed E-state index contributed by atoms with van der Waals surface area (Å²) in [7, 11) is 2.16. The van der Waals surface area contributed by atoms with Crippen LogP contribution in [0.3, 0.4) is 0 Å².